The molecule has 180 valence electrons. The predicted molar refractivity (Wildman–Crippen MR) is 147 cm³/mol. The molecule has 5 heterocycles. The minimum absolute atomic E-state index is 0.114. The average molecular weight is 530 g/mol. The van der Waals surface area contributed by atoms with Gasteiger partial charge >= 0.3 is 0 Å². The summed E-state index contributed by atoms with van der Waals surface area (Å²) >= 11 is 5.29. The summed E-state index contributed by atoms with van der Waals surface area (Å²) in [5.41, 5.74) is 1.27. The van der Waals surface area contributed by atoms with Crippen LogP contribution in [0.15, 0.2) is 12.1 Å². The number of rotatable bonds is 9. The molecule has 0 saturated heterocycles. The summed E-state index contributed by atoms with van der Waals surface area (Å²) in [6, 6.07) is 4.70. The van der Waals surface area contributed by atoms with E-state index in [1.54, 1.807) is 27.9 Å². The van der Waals surface area contributed by atoms with E-state index in [4.69, 9.17) is 5.11 Å². The molecule has 2 aliphatic heterocycles. The van der Waals surface area contributed by atoms with Crippen LogP contribution in [-0.4, -0.2) is 43.0 Å². The normalized spacial score (nSPS) is 15.9. The quantitative estimate of drug-likeness (QED) is 0.214. The average Bonchev–Trinajstić information content (AvgIpc) is 3.55. The fourth-order valence-corrected chi connectivity index (χ4v) is 13.6. The third-order valence-electron chi connectivity index (χ3n) is 7.16. The summed E-state index contributed by atoms with van der Waals surface area (Å²) in [5.74, 6) is -0.229. The van der Waals surface area contributed by atoms with E-state index in [-0.39, 0.29) is 18.4 Å². The van der Waals surface area contributed by atoms with Crippen LogP contribution in [0.2, 0.25) is 13.1 Å². The third-order valence-corrected chi connectivity index (χ3v) is 14.6. The minimum atomic E-state index is -1.72. The first-order valence-corrected chi connectivity index (χ1v) is 17.6. The molecular formula is C26H31NO3S3Si. The lowest BCUT2D eigenvalue weighted by atomic mass is 10.1. The Kier molecular flexibility index (Phi) is 6.48. The molecular weight excluding hydrogens is 499 g/mol. The molecule has 0 radical (unpaired) electrons. The SMILES string of the molecule is Cc1cc2c(s1)-c1sc(-c3sc(C)c4c3C(=O)N(CCCCCCCCO)C4=O)cc1[Si]2(C)C. The Hall–Kier alpha value is -1.58. The Morgan fingerprint density at radius 2 is 1.41 bits per heavy atom. The number of fused-ring (bicyclic) bond motifs is 4. The van der Waals surface area contributed by atoms with Crippen LogP contribution >= 0.6 is 34.0 Å². The van der Waals surface area contributed by atoms with E-state index in [0.717, 1.165) is 53.2 Å². The summed E-state index contributed by atoms with van der Waals surface area (Å²) in [6.07, 6.45) is 5.89. The first kappa shape index (κ1) is 24.1. The molecule has 3 aromatic heterocycles. The maximum atomic E-state index is 13.4. The highest BCUT2D eigenvalue weighted by atomic mass is 32.1. The highest BCUT2D eigenvalue weighted by Crippen LogP contribution is 2.47. The zero-order valence-electron chi connectivity index (χ0n) is 20.2. The lowest BCUT2D eigenvalue weighted by molar-refractivity contribution is 0.0651. The van der Waals surface area contributed by atoms with Gasteiger partial charge in [0.15, 0.2) is 0 Å². The van der Waals surface area contributed by atoms with E-state index in [1.807, 2.05) is 18.3 Å². The van der Waals surface area contributed by atoms with Gasteiger partial charge in [0.2, 0.25) is 0 Å². The van der Waals surface area contributed by atoms with Gasteiger partial charge in [-0.1, -0.05) is 38.8 Å². The third kappa shape index (κ3) is 3.78. The van der Waals surface area contributed by atoms with E-state index in [0.29, 0.717) is 17.7 Å². The van der Waals surface area contributed by atoms with Crippen molar-refractivity contribution in [2.24, 2.45) is 0 Å². The summed E-state index contributed by atoms with van der Waals surface area (Å²) < 4.78 is 0. The van der Waals surface area contributed by atoms with Crippen molar-refractivity contribution in [2.45, 2.75) is 65.5 Å². The lowest BCUT2D eigenvalue weighted by Gasteiger charge is -2.16. The van der Waals surface area contributed by atoms with Crippen molar-refractivity contribution >= 4 is 64.3 Å². The first-order chi connectivity index (χ1) is 16.3. The van der Waals surface area contributed by atoms with Gasteiger partial charge in [-0.2, -0.15) is 0 Å². The zero-order valence-corrected chi connectivity index (χ0v) is 23.7. The summed E-state index contributed by atoms with van der Waals surface area (Å²) in [4.78, 5) is 35.3. The number of hydrogen-bond donors (Lipinski definition) is 1. The Morgan fingerprint density at radius 3 is 2.15 bits per heavy atom. The number of aliphatic hydroxyl groups excluding tert-OH is 1. The molecule has 0 fully saturated rings. The monoisotopic (exact) mass is 529 g/mol. The predicted octanol–water partition coefficient (Wildman–Crippen LogP) is 5.89. The minimum Gasteiger partial charge on any atom is -0.396 e. The Balaban J connectivity index is 1.39. The van der Waals surface area contributed by atoms with Gasteiger partial charge in [0, 0.05) is 37.5 Å². The Bertz CT molecular complexity index is 1280. The van der Waals surface area contributed by atoms with Crippen molar-refractivity contribution in [1.29, 1.82) is 0 Å². The van der Waals surface area contributed by atoms with Crippen molar-refractivity contribution < 1.29 is 14.7 Å². The van der Waals surface area contributed by atoms with Crippen LogP contribution in [0.3, 0.4) is 0 Å². The second-order valence-corrected chi connectivity index (χ2v) is 17.8. The second kappa shape index (κ2) is 9.13. The molecule has 1 N–H and O–H groups in total. The fourth-order valence-electron chi connectivity index (χ4n) is 5.26. The maximum absolute atomic E-state index is 13.4. The van der Waals surface area contributed by atoms with Gasteiger partial charge in [-0.3, -0.25) is 14.5 Å². The number of carbonyl (C=O) groups is 2. The number of thiophene rings is 3. The van der Waals surface area contributed by atoms with Crippen LogP contribution in [0.1, 0.15) is 69.0 Å². The molecule has 8 heteroatoms. The topological polar surface area (TPSA) is 57.6 Å². The molecule has 0 spiro atoms. The number of carbonyl (C=O) groups excluding carboxylic acids is 2. The molecule has 0 aliphatic carbocycles. The van der Waals surface area contributed by atoms with Crippen LogP contribution in [0.5, 0.6) is 0 Å². The lowest BCUT2D eigenvalue weighted by Crippen LogP contribution is -2.48. The van der Waals surface area contributed by atoms with Crippen molar-refractivity contribution in [3.05, 3.63) is 33.0 Å². The maximum Gasteiger partial charge on any atom is 0.263 e. The Morgan fingerprint density at radius 1 is 0.794 bits per heavy atom. The highest BCUT2D eigenvalue weighted by Gasteiger charge is 2.44. The van der Waals surface area contributed by atoms with Crippen molar-refractivity contribution in [3.8, 4) is 19.5 Å². The van der Waals surface area contributed by atoms with Crippen LogP contribution in [0.4, 0.5) is 0 Å². The largest absolute Gasteiger partial charge is 0.396 e. The van der Waals surface area contributed by atoms with Gasteiger partial charge in [-0.25, -0.2) is 0 Å². The smallest absolute Gasteiger partial charge is 0.263 e. The Labute approximate surface area is 214 Å². The molecule has 0 aromatic carbocycles. The molecule has 2 amide bonds. The van der Waals surface area contributed by atoms with E-state index in [9.17, 15) is 9.59 Å². The fraction of sp³-hybridized carbons (Fsp3) is 0.462. The van der Waals surface area contributed by atoms with Gasteiger partial charge in [0.1, 0.15) is 8.07 Å². The number of nitrogens with zero attached hydrogens (tertiary/aromatic N) is 1. The number of hydrogen-bond acceptors (Lipinski definition) is 6. The van der Waals surface area contributed by atoms with E-state index < -0.39 is 8.07 Å². The number of aryl methyl sites for hydroxylation is 2. The van der Waals surface area contributed by atoms with E-state index in [2.05, 4.69) is 32.2 Å². The van der Waals surface area contributed by atoms with Crippen LogP contribution < -0.4 is 10.4 Å². The molecule has 34 heavy (non-hydrogen) atoms. The second-order valence-electron chi connectivity index (χ2n) is 9.92. The van der Waals surface area contributed by atoms with Crippen molar-refractivity contribution in [2.75, 3.05) is 13.2 Å². The summed E-state index contributed by atoms with van der Waals surface area (Å²) in [7, 11) is -1.72. The van der Waals surface area contributed by atoms with Gasteiger partial charge in [0.25, 0.3) is 11.8 Å². The number of imide groups is 1. The van der Waals surface area contributed by atoms with E-state index in [1.165, 1.54) is 24.7 Å². The molecule has 5 rings (SSSR count). The molecule has 0 atom stereocenters. The summed E-state index contributed by atoms with van der Waals surface area (Å²) in [5, 5.41) is 11.9. The zero-order chi connectivity index (χ0) is 24.2. The number of aliphatic hydroxyl groups is 1. The van der Waals surface area contributed by atoms with Crippen molar-refractivity contribution in [3.63, 3.8) is 0 Å². The molecule has 0 bridgehead atoms. The molecule has 0 unspecified atom stereocenters. The van der Waals surface area contributed by atoms with Gasteiger partial charge in [-0.05, 0) is 49.2 Å². The molecule has 0 saturated carbocycles. The van der Waals surface area contributed by atoms with Crippen LogP contribution in [0, 0.1) is 13.8 Å². The van der Waals surface area contributed by atoms with Crippen LogP contribution in [-0.2, 0) is 0 Å². The summed E-state index contributed by atoms with van der Waals surface area (Å²) in [6.45, 7) is 9.75. The van der Waals surface area contributed by atoms with Gasteiger partial charge < -0.3 is 5.11 Å². The first-order valence-electron chi connectivity index (χ1n) is 12.1. The number of unbranched alkanes of at least 4 members (excludes halogenated alkanes) is 5. The van der Waals surface area contributed by atoms with E-state index >= 15 is 0 Å². The van der Waals surface area contributed by atoms with Crippen molar-refractivity contribution in [1.82, 2.24) is 4.90 Å². The molecule has 4 nitrogen and oxygen atoms in total. The highest BCUT2D eigenvalue weighted by molar-refractivity contribution is 7.31. The number of amides is 2. The van der Waals surface area contributed by atoms with Gasteiger partial charge in [-0.15, -0.1) is 34.0 Å². The molecule has 2 aliphatic rings. The van der Waals surface area contributed by atoms with Crippen LogP contribution in [0.25, 0.3) is 19.5 Å². The molecule has 3 aromatic rings. The van der Waals surface area contributed by atoms with Gasteiger partial charge in [0.05, 0.1) is 16.0 Å². The standard InChI is InChI=1S/C26H31NO3S3Si/c1-15-13-18-23(31-15)24-19(34(18,3)4)14-17(33-24)22-21-20(16(2)32-22)25(29)27(26(21)30)11-9-7-5-6-8-10-12-28/h13-14,28H,5-12H2,1-4H3.